The predicted molar refractivity (Wildman–Crippen MR) is 105 cm³/mol. The van der Waals surface area contributed by atoms with Crippen molar-refractivity contribution < 1.29 is 0 Å². The quantitative estimate of drug-likeness (QED) is 0.432. The number of hydrogen-bond acceptors (Lipinski definition) is 3. The lowest BCUT2D eigenvalue weighted by Crippen LogP contribution is -2.00. The van der Waals surface area contributed by atoms with E-state index in [9.17, 15) is 0 Å². The highest BCUT2D eigenvalue weighted by Crippen LogP contribution is 2.32. The van der Waals surface area contributed by atoms with Gasteiger partial charge in [-0.25, -0.2) is 0 Å². The summed E-state index contributed by atoms with van der Waals surface area (Å²) in [5.74, 6) is 1.59. The van der Waals surface area contributed by atoms with Crippen molar-refractivity contribution in [3.8, 4) is 11.4 Å². The van der Waals surface area contributed by atoms with Gasteiger partial charge in [0, 0.05) is 27.4 Å². The first-order valence-electron chi connectivity index (χ1n) is 7.34. The number of rotatable bonds is 5. The van der Waals surface area contributed by atoms with E-state index >= 15 is 0 Å². The van der Waals surface area contributed by atoms with Crippen molar-refractivity contribution >= 4 is 50.9 Å². The monoisotopic (exact) mass is 441 g/mol. The average molecular weight is 443 g/mol. The van der Waals surface area contributed by atoms with Crippen molar-refractivity contribution in [3.63, 3.8) is 0 Å². The lowest BCUT2D eigenvalue weighted by Gasteiger charge is -2.09. The van der Waals surface area contributed by atoms with Crippen molar-refractivity contribution in [1.29, 1.82) is 0 Å². The Balaban J connectivity index is 1.87. The third-order valence-electron chi connectivity index (χ3n) is 3.46. The highest BCUT2D eigenvalue weighted by molar-refractivity contribution is 9.10. The highest BCUT2D eigenvalue weighted by Gasteiger charge is 2.16. The number of nitrogens with zero attached hydrogens (tertiary/aromatic N) is 3. The van der Waals surface area contributed by atoms with Crippen LogP contribution in [0.3, 0.4) is 0 Å². The topological polar surface area (TPSA) is 30.7 Å². The zero-order valence-corrected chi connectivity index (χ0v) is 16.8. The van der Waals surface area contributed by atoms with Crippen LogP contribution < -0.4 is 0 Å². The molecule has 24 heavy (non-hydrogen) atoms. The Kier molecular flexibility index (Phi) is 5.87. The van der Waals surface area contributed by atoms with Gasteiger partial charge < -0.3 is 4.57 Å². The standard InChI is InChI=1S/C17H14BrCl2N3S/c1-2-23-16(14-7-6-13(19)9-15(14)20)21-22-17(23)24-10-11-4-3-5-12(18)8-11/h3-9H,2,10H2,1H3. The Bertz CT molecular complexity index is 867. The normalized spacial score (nSPS) is 11.0. The van der Waals surface area contributed by atoms with Gasteiger partial charge in [-0.3, -0.25) is 0 Å². The van der Waals surface area contributed by atoms with Crippen LogP contribution in [0.2, 0.25) is 10.0 Å². The molecule has 2 aromatic carbocycles. The molecule has 3 rings (SSSR count). The summed E-state index contributed by atoms with van der Waals surface area (Å²) in [7, 11) is 0. The summed E-state index contributed by atoms with van der Waals surface area (Å²) in [6.07, 6.45) is 0. The number of halogens is 3. The van der Waals surface area contributed by atoms with Gasteiger partial charge in [-0.1, -0.05) is 63.0 Å². The summed E-state index contributed by atoms with van der Waals surface area (Å²) in [5.41, 5.74) is 2.07. The second-order valence-corrected chi connectivity index (χ2v) is 7.80. The molecular weight excluding hydrogens is 429 g/mol. The molecule has 0 fully saturated rings. The van der Waals surface area contributed by atoms with Crippen molar-refractivity contribution in [2.45, 2.75) is 24.4 Å². The molecule has 0 aliphatic carbocycles. The van der Waals surface area contributed by atoms with E-state index in [0.29, 0.717) is 10.0 Å². The summed E-state index contributed by atoms with van der Waals surface area (Å²) >= 11 is 17.4. The molecular formula is C17H14BrCl2N3S. The number of hydrogen-bond donors (Lipinski definition) is 0. The second kappa shape index (κ2) is 7.91. The van der Waals surface area contributed by atoms with Gasteiger partial charge in [-0.15, -0.1) is 10.2 Å². The molecule has 0 atom stereocenters. The van der Waals surface area contributed by atoms with Gasteiger partial charge in [0.1, 0.15) is 0 Å². The first-order chi connectivity index (χ1) is 11.6. The van der Waals surface area contributed by atoms with E-state index in [0.717, 1.165) is 33.3 Å². The third kappa shape index (κ3) is 3.97. The maximum absolute atomic E-state index is 6.32. The summed E-state index contributed by atoms with van der Waals surface area (Å²) in [4.78, 5) is 0. The van der Waals surface area contributed by atoms with E-state index in [1.54, 1.807) is 17.8 Å². The summed E-state index contributed by atoms with van der Waals surface area (Å²) in [6.45, 7) is 2.84. The minimum Gasteiger partial charge on any atom is -0.302 e. The molecule has 0 radical (unpaired) electrons. The van der Waals surface area contributed by atoms with Crippen molar-refractivity contribution in [2.75, 3.05) is 0 Å². The molecule has 3 aromatic rings. The van der Waals surface area contributed by atoms with Crippen molar-refractivity contribution in [2.24, 2.45) is 0 Å². The molecule has 0 bridgehead atoms. The molecule has 1 aromatic heterocycles. The fourth-order valence-electron chi connectivity index (χ4n) is 2.33. The lowest BCUT2D eigenvalue weighted by atomic mass is 10.2. The van der Waals surface area contributed by atoms with Gasteiger partial charge in [0.05, 0.1) is 5.02 Å². The summed E-state index contributed by atoms with van der Waals surface area (Å²) in [5, 5.41) is 10.7. The van der Waals surface area contributed by atoms with Gasteiger partial charge in [-0.05, 0) is 42.8 Å². The number of thioether (sulfide) groups is 1. The van der Waals surface area contributed by atoms with Crippen molar-refractivity contribution in [1.82, 2.24) is 14.8 Å². The van der Waals surface area contributed by atoms with Gasteiger partial charge in [0.2, 0.25) is 0 Å². The molecule has 0 saturated carbocycles. The van der Waals surface area contributed by atoms with Crippen molar-refractivity contribution in [3.05, 3.63) is 62.5 Å². The minimum absolute atomic E-state index is 0.577. The number of aromatic nitrogens is 3. The largest absolute Gasteiger partial charge is 0.302 e. The fraction of sp³-hybridized carbons (Fsp3) is 0.176. The van der Waals surface area contributed by atoms with E-state index < -0.39 is 0 Å². The Labute approximate surface area is 163 Å². The van der Waals surface area contributed by atoms with Crippen LogP contribution in [0, 0.1) is 0 Å². The molecule has 0 unspecified atom stereocenters. The molecule has 0 spiro atoms. The zero-order valence-electron chi connectivity index (χ0n) is 12.8. The Morgan fingerprint density at radius 3 is 2.67 bits per heavy atom. The van der Waals surface area contributed by atoms with E-state index in [1.165, 1.54) is 5.56 Å². The molecule has 124 valence electrons. The average Bonchev–Trinajstić information content (AvgIpc) is 2.95. The van der Waals surface area contributed by atoms with Crippen LogP contribution in [-0.4, -0.2) is 14.8 Å². The molecule has 0 amide bonds. The molecule has 0 aliphatic heterocycles. The predicted octanol–water partition coefficient (Wildman–Crippen LogP) is 6.33. The zero-order chi connectivity index (χ0) is 17.1. The van der Waals surface area contributed by atoms with Gasteiger partial charge in [-0.2, -0.15) is 0 Å². The van der Waals surface area contributed by atoms with Crippen LogP contribution in [0.1, 0.15) is 12.5 Å². The van der Waals surface area contributed by atoms with Crippen LogP contribution in [0.15, 0.2) is 52.1 Å². The van der Waals surface area contributed by atoms with E-state index in [1.807, 2.05) is 24.3 Å². The fourth-order valence-corrected chi connectivity index (χ4v) is 4.21. The maximum atomic E-state index is 6.32. The van der Waals surface area contributed by atoms with E-state index in [-0.39, 0.29) is 0 Å². The van der Waals surface area contributed by atoms with Gasteiger partial charge in [0.15, 0.2) is 11.0 Å². The van der Waals surface area contributed by atoms with Gasteiger partial charge >= 0.3 is 0 Å². The number of benzene rings is 2. The molecule has 3 nitrogen and oxygen atoms in total. The van der Waals surface area contributed by atoms with Crippen LogP contribution in [-0.2, 0) is 12.3 Å². The smallest absolute Gasteiger partial charge is 0.191 e. The molecule has 1 heterocycles. The van der Waals surface area contributed by atoms with Crippen LogP contribution >= 0.6 is 50.9 Å². The van der Waals surface area contributed by atoms with Gasteiger partial charge in [0.25, 0.3) is 0 Å². The lowest BCUT2D eigenvalue weighted by molar-refractivity contribution is 0.687. The second-order valence-electron chi connectivity index (χ2n) is 5.09. The Hall–Kier alpha value is -1.01. The Morgan fingerprint density at radius 1 is 1.12 bits per heavy atom. The maximum Gasteiger partial charge on any atom is 0.191 e. The summed E-state index contributed by atoms with van der Waals surface area (Å²) in [6, 6.07) is 13.7. The molecule has 0 saturated heterocycles. The van der Waals surface area contributed by atoms with Crippen LogP contribution in [0.5, 0.6) is 0 Å². The SMILES string of the molecule is CCn1c(SCc2cccc(Br)c2)nnc1-c1ccc(Cl)cc1Cl. The van der Waals surface area contributed by atoms with E-state index in [4.69, 9.17) is 23.2 Å². The first-order valence-corrected chi connectivity index (χ1v) is 9.87. The van der Waals surface area contributed by atoms with Crippen LogP contribution in [0.25, 0.3) is 11.4 Å². The third-order valence-corrected chi connectivity index (χ3v) is 5.54. The summed E-state index contributed by atoms with van der Waals surface area (Å²) < 4.78 is 3.14. The first kappa shape index (κ1) is 17.8. The molecule has 0 N–H and O–H groups in total. The molecule has 0 aliphatic rings. The highest BCUT2D eigenvalue weighted by atomic mass is 79.9. The Morgan fingerprint density at radius 2 is 1.96 bits per heavy atom. The van der Waals surface area contributed by atoms with Crippen LogP contribution in [0.4, 0.5) is 0 Å². The molecule has 7 heteroatoms. The minimum atomic E-state index is 0.577. The van der Waals surface area contributed by atoms with E-state index in [2.05, 4.69) is 49.8 Å².